The van der Waals surface area contributed by atoms with Crippen molar-refractivity contribution in [3.63, 3.8) is 0 Å². The minimum absolute atomic E-state index is 0.107. The minimum Gasteiger partial charge on any atom is -0.454 e. The van der Waals surface area contributed by atoms with E-state index in [1.165, 1.54) is 5.56 Å². The largest absolute Gasteiger partial charge is 0.454 e. The molecule has 1 aliphatic heterocycles. The zero-order chi connectivity index (χ0) is 17.9. The van der Waals surface area contributed by atoms with E-state index in [4.69, 9.17) is 9.47 Å². The average molecular weight is 338 g/mol. The summed E-state index contributed by atoms with van der Waals surface area (Å²) in [5, 5.41) is 4.00. The van der Waals surface area contributed by atoms with Gasteiger partial charge in [0.1, 0.15) is 0 Å². The van der Waals surface area contributed by atoms with Crippen LogP contribution in [0.4, 0.5) is 0 Å². The van der Waals surface area contributed by atoms with Crippen molar-refractivity contribution in [1.29, 1.82) is 0 Å². The Kier molecular flexibility index (Phi) is 4.74. The molecule has 1 N–H and O–H groups in total. The third-order valence-electron chi connectivity index (χ3n) is 3.98. The molecule has 0 saturated heterocycles. The van der Waals surface area contributed by atoms with Crippen LogP contribution in [-0.2, 0) is 16.6 Å². The van der Waals surface area contributed by atoms with Gasteiger partial charge in [0.15, 0.2) is 11.5 Å². The quantitative estimate of drug-likeness (QED) is 0.686. The molecule has 1 heterocycles. The summed E-state index contributed by atoms with van der Waals surface area (Å²) in [6.45, 7) is 6.74. The van der Waals surface area contributed by atoms with Crippen LogP contribution < -0.4 is 14.9 Å². The van der Waals surface area contributed by atoms with E-state index >= 15 is 0 Å². The lowest BCUT2D eigenvalue weighted by molar-refractivity contribution is -0.120. The molecule has 130 valence electrons. The zero-order valence-electron chi connectivity index (χ0n) is 14.7. The number of hydrogen-bond acceptors (Lipinski definition) is 4. The molecule has 1 aliphatic rings. The van der Waals surface area contributed by atoms with E-state index in [0.29, 0.717) is 12.2 Å². The number of fused-ring (bicyclic) bond motifs is 1. The van der Waals surface area contributed by atoms with Gasteiger partial charge in [0.05, 0.1) is 12.6 Å². The molecule has 0 atom stereocenters. The highest BCUT2D eigenvalue weighted by molar-refractivity contribution is 5.84. The van der Waals surface area contributed by atoms with Crippen molar-refractivity contribution in [2.75, 3.05) is 6.79 Å². The fraction of sp³-hybridized carbons (Fsp3) is 0.300. The van der Waals surface area contributed by atoms with Gasteiger partial charge in [-0.15, -0.1) is 0 Å². The Morgan fingerprint density at radius 2 is 1.84 bits per heavy atom. The molecule has 2 aromatic carbocycles. The fourth-order valence-electron chi connectivity index (χ4n) is 2.52. The normalized spacial score (nSPS) is 13.2. The van der Waals surface area contributed by atoms with Gasteiger partial charge in [-0.05, 0) is 40.3 Å². The number of hydrogen-bond donors (Lipinski definition) is 1. The summed E-state index contributed by atoms with van der Waals surface area (Å²) in [7, 11) is 0. The third kappa shape index (κ3) is 4.38. The van der Waals surface area contributed by atoms with Crippen LogP contribution in [0.2, 0.25) is 0 Å². The second-order valence-electron chi connectivity index (χ2n) is 7.03. The Hall–Kier alpha value is -2.82. The Morgan fingerprint density at radius 3 is 2.56 bits per heavy atom. The van der Waals surface area contributed by atoms with Gasteiger partial charge < -0.3 is 9.47 Å². The van der Waals surface area contributed by atoms with E-state index in [-0.39, 0.29) is 18.1 Å². The predicted molar refractivity (Wildman–Crippen MR) is 97.1 cm³/mol. The number of carbonyl (C=O) groups excluding carboxylic acids is 1. The first-order valence-electron chi connectivity index (χ1n) is 8.23. The molecule has 0 spiro atoms. The van der Waals surface area contributed by atoms with Crippen molar-refractivity contribution in [3.8, 4) is 11.5 Å². The van der Waals surface area contributed by atoms with Crippen LogP contribution in [0.15, 0.2) is 47.6 Å². The number of nitrogens with zero attached hydrogens (tertiary/aromatic N) is 1. The maximum atomic E-state index is 12.0. The number of nitrogens with one attached hydrogen (secondary N) is 1. The Bertz CT molecular complexity index is 790. The molecule has 0 unspecified atom stereocenters. The first kappa shape index (κ1) is 17.0. The fourth-order valence-corrected chi connectivity index (χ4v) is 2.52. The predicted octanol–water partition coefficient (Wildman–Crippen LogP) is 3.41. The summed E-state index contributed by atoms with van der Waals surface area (Å²) >= 11 is 0. The SMILES string of the molecule is CC(C)(C)c1ccc(CC(=O)N/N=C\c2ccc3c(c2)OCO3)cc1. The lowest BCUT2D eigenvalue weighted by Gasteiger charge is -2.19. The molecule has 25 heavy (non-hydrogen) atoms. The molecule has 5 nitrogen and oxygen atoms in total. The smallest absolute Gasteiger partial charge is 0.244 e. The zero-order valence-corrected chi connectivity index (χ0v) is 14.7. The van der Waals surface area contributed by atoms with E-state index in [1.54, 1.807) is 6.21 Å². The summed E-state index contributed by atoms with van der Waals surface area (Å²) in [5.41, 5.74) is 5.70. The molecule has 5 heteroatoms. The van der Waals surface area contributed by atoms with Crippen LogP contribution >= 0.6 is 0 Å². The van der Waals surface area contributed by atoms with Crippen LogP contribution in [-0.4, -0.2) is 18.9 Å². The standard InChI is InChI=1S/C20H22N2O3/c1-20(2,3)16-7-4-14(5-8-16)11-19(23)22-21-12-15-6-9-17-18(10-15)25-13-24-17/h4-10,12H,11,13H2,1-3H3,(H,22,23)/b21-12-. The molecule has 0 fully saturated rings. The van der Waals surface area contributed by atoms with E-state index in [1.807, 2.05) is 30.3 Å². The topological polar surface area (TPSA) is 59.9 Å². The molecular formula is C20H22N2O3. The van der Waals surface area contributed by atoms with Crippen LogP contribution in [0.5, 0.6) is 11.5 Å². The van der Waals surface area contributed by atoms with E-state index in [0.717, 1.165) is 16.9 Å². The van der Waals surface area contributed by atoms with Crippen molar-refractivity contribution in [2.24, 2.45) is 5.10 Å². The van der Waals surface area contributed by atoms with Gasteiger partial charge in [0, 0.05) is 0 Å². The molecule has 0 radical (unpaired) electrons. The second kappa shape index (κ2) is 6.97. The molecule has 1 amide bonds. The lowest BCUT2D eigenvalue weighted by atomic mass is 9.86. The number of benzene rings is 2. The minimum atomic E-state index is -0.152. The Balaban J connectivity index is 1.54. The highest BCUT2D eigenvalue weighted by Crippen LogP contribution is 2.31. The van der Waals surface area contributed by atoms with Crippen molar-refractivity contribution in [3.05, 3.63) is 59.2 Å². The van der Waals surface area contributed by atoms with Crippen LogP contribution in [0.25, 0.3) is 0 Å². The second-order valence-corrected chi connectivity index (χ2v) is 7.03. The third-order valence-corrected chi connectivity index (χ3v) is 3.98. The van der Waals surface area contributed by atoms with E-state index in [2.05, 4.69) is 43.4 Å². The van der Waals surface area contributed by atoms with Gasteiger partial charge in [-0.1, -0.05) is 45.0 Å². The molecule has 0 aromatic heterocycles. The van der Waals surface area contributed by atoms with Gasteiger partial charge in [-0.25, -0.2) is 5.43 Å². The average Bonchev–Trinajstić information content (AvgIpc) is 3.02. The number of ether oxygens (including phenoxy) is 2. The van der Waals surface area contributed by atoms with Crippen LogP contribution in [0.3, 0.4) is 0 Å². The Morgan fingerprint density at radius 1 is 1.12 bits per heavy atom. The molecule has 0 aliphatic carbocycles. The highest BCUT2D eigenvalue weighted by Gasteiger charge is 2.14. The Labute approximate surface area is 147 Å². The first-order chi connectivity index (χ1) is 11.9. The van der Waals surface area contributed by atoms with Gasteiger partial charge >= 0.3 is 0 Å². The maximum Gasteiger partial charge on any atom is 0.244 e. The van der Waals surface area contributed by atoms with Crippen molar-refractivity contribution < 1.29 is 14.3 Å². The molecule has 0 saturated carbocycles. The summed E-state index contributed by atoms with van der Waals surface area (Å²) in [6, 6.07) is 13.6. The summed E-state index contributed by atoms with van der Waals surface area (Å²) in [6.07, 6.45) is 1.88. The van der Waals surface area contributed by atoms with Gasteiger partial charge in [0.2, 0.25) is 12.7 Å². The first-order valence-corrected chi connectivity index (χ1v) is 8.23. The summed E-state index contributed by atoms with van der Waals surface area (Å²) < 4.78 is 10.6. The highest BCUT2D eigenvalue weighted by atomic mass is 16.7. The molecule has 2 aromatic rings. The van der Waals surface area contributed by atoms with Crippen LogP contribution in [0.1, 0.15) is 37.5 Å². The summed E-state index contributed by atoms with van der Waals surface area (Å²) in [5.74, 6) is 1.26. The maximum absolute atomic E-state index is 12.0. The van der Waals surface area contributed by atoms with Crippen molar-refractivity contribution in [1.82, 2.24) is 5.43 Å². The van der Waals surface area contributed by atoms with E-state index in [9.17, 15) is 4.79 Å². The lowest BCUT2D eigenvalue weighted by Crippen LogP contribution is -2.20. The monoisotopic (exact) mass is 338 g/mol. The molecule has 0 bridgehead atoms. The summed E-state index contributed by atoms with van der Waals surface area (Å²) in [4.78, 5) is 12.0. The number of rotatable bonds is 4. The van der Waals surface area contributed by atoms with Crippen LogP contribution in [0, 0.1) is 0 Å². The van der Waals surface area contributed by atoms with Gasteiger partial charge in [-0.2, -0.15) is 5.10 Å². The number of amides is 1. The van der Waals surface area contributed by atoms with Crippen molar-refractivity contribution in [2.45, 2.75) is 32.6 Å². The molecular weight excluding hydrogens is 316 g/mol. The molecule has 3 rings (SSSR count). The number of hydrazone groups is 1. The van der Waals surface area contributed by atoms with Gasteiger partial charge in [0.25, 0.3) is 0 Å². The van der Waals surface area contributed by atoms with E-state index < -0.39 is 0 Å². The number of carbonyl (C=O) groups is 1. The van der Waals surface area contributed by atoms with Crippen molar-refractivity contribution >= 4 is 12.1 Å². The van der Waals surface area contributed by atoms with Gasteiger partial charge in [-0.3, -0.25) is 4.79 Å².